The lowest BCUT2D eigenvalue weighted by atomic mass is 9.94. The van der Waals surface area contributed by atoms with Gasteiger partial charge in [0, 0.05) is 12.6 Å². The molecule has 1 aliphatic heterocycles. The van der Waals surface area contributed by atoms with Crippen molar-refractivity contribution in [2.45, 2.75) is 44.2 Å². The molecule has 2 nitrogen and oxygen atoms in total. The van der Waals surface area contributed by atoms with E-state index in [1.165, 1.54) is 37.7 Å². The molecule has 0 bridgehead atoms. The summed E-state index contributed by atoms with van der Waals surface area (Å²) in [6.45, 7) is 1.90. The van der Waals surface area contributed by atoms with E-state index in [4.69, 9.17) is 4.74 Å². The van der Waals surface area contributed by atoms with Crippen molar-refractivity contribution >= 4 is 12.4 Å². The number of halogens is 1. The highest BCUT2D eigenvalue weighted by atomic mass is 35.5. The minimum atomic E-state index is 0. The fraction of sp³-hybridized carbons (Fsp3) is 0.600. The van der Waals surface area contributed by atoms with Crippen molar-refractivity contribution in [2.75, 3.05) is 13.3 Å². The third-order valence-electron chi connectivity index (χ3n) is 4.10. The number of benzene rings is 1. The second kappa shape index (κ2) is 6.55. The lowest BCUT2D eigenvalue weighted by molar-refractivity contribution is 0.0698. The van der Waals surface area contributed by atoms with E-state index in [-0.39, 0.29) is 18.5 Å². The summed E-state index contributed by atoms with van der Waals surface area (Å²) < 4.78 is 5.93. The van der Waals surface area contributed by atoms with Crippen molar-refractivity contribution in [3.8, 4) is 0 Å². The van der Waals surface area contributed by atoms with Crippen LogP contribution in [0.4, 0.5) is 0 Å². The number of hydrogen-bond acceptors (Lipinski definition) is 2. The first-order chi connectivity index (χ1) is 8.43. The second-order valence-corrected chi connectivity index (χ2v) is 5.26. The molecule has 0 aromatic heterocycles. The van der Waals surface area contributed by atoms with Crippen molar-refractivity contribution in [1.29, 1.82) is 0 Å². The molecular formula is C15H22ClNO. The van der Waals surface area contributed by atoms with Crippen molar-refractivity contribution in [2.24, 2.45) is 0 Å². The lowest BCUT2D eigenvalue weighted by Gasteiger charge is -2.29. The molecular weight excluding hydrogens is 246 g/mol. The molecule has 0 spiro atoms. The van der Waals surface area contributed by atoms with Crippen LogP contribution < -0.4 is 0 Å². The fourth-order valence-electron chi connectivity index (χ4n) is 3.07. The Balaban J connectivity index is 0.00000120. The van der Waals surface area contributed by atoms with Crippen LogP contribution in [-0.2, 0) is 4.74 Å². The minimum absolute atomic E-state index is 0. The maximum absolute atomic E-state index is 5.93. The number of nitrogens with zero attached hydrogens (tertiary/aromatic N) is 1. The summed E-state index contributed by atoms with van der Waals surface area (Å²) in [6.07, 6.45) is 7.25. The third-order valence-corrected chi connectivity index (χ3v) is 4.10. The molecule has 1 aromatic carbocycles. The lowest BCUT2D eigenvalue weighted by Crippen LogP contribution is -2.34. The first kappa shape index (κ1) is 13.9. The molecule has 0 N–H and O–H groups in total. The highest BCUT2D eigenvalue weighted by molar-refractivity contribution is 5.85. The molecule has 1 atom stereocenters. The Morgan fingerprint density at radius 3 is 2.44 bits per heavy atom. The third kappa shape index (κ3) is 3.05. The molecule has 100 valence electrons. The van der Waals surface area contributed by atoms with Gasteiger partial charge in [0.25, 0.3) is 0 Å². The predicted molar refractivity (Wildman–Crippen MR) is 76.0 cm³/mol. The Morgan fingerprint density at radius 2 is 1.72 bits per heavy atom. The normalized spacial score (nSPS) is 25.9. The average molecular weight is 268 g/mol. The Labute approximate surface area is 116 Å². The molecule has 18 heavy (non-hydrogen) atoms. The van der Waals surface area contributed by atoms with E-state index in [2.05, 4.69) is 35.2 Å². The highest BCUT2D eigenvalue weighted by Crippen LogP contribution is 2.30. The number of rotatable bonds is 2. The summed E-state index contributed by atoms with van der Waals surface area (Å²) in [5.74, 6) is 0. The van der Waals surface area contributed by atoms with Gasteiger partial charge in [0.05, 0.1) is 6.10 Å². The number of hydrogen-bond donors (Lipinski definition) is 0. The van der Waals surface area contributed by atoms with Gasteiger partial charge in [0.15, 0.2) is 0 Å². The predicted octanol–water partition coefficient (Wildman–Crippen LogP) is 3.77. The van der Waals surface area contributed by atoms with E-state index < -0.39 is 0 Å². The summed E-state index contributed by atoms with van der Waals surface area (Å²) in [6, 6.07) is 11.4. The first-order valence-corrected chi connectivity index (χ1v) is 6.84. The van der Waals surface area contributed by atoms with Crippen LogP contribution in [0.1, 0.15) is 43.8 Å². The van der Waals surface area contributed by atoms with Crippen LogP contribution in [0.3, 0.4) is 0 Å². The van der Waals surface area contributed by atoms with Gasteiger partial charge < -0.3 is 4.74 Å². The molecule has 1 heterocycles. The van der Waals surface area contributed by atoms with E-state index in [9.17, 15) is 0 Å². The summed E-state index contributed by atoms with van der Waals surface area (Å²) in [5.41, 5.74) is 1.32. The SMILES string of the molecule is Cl.c1ccc(C2CN(C3CCCCC3)CO2)cc1. The van der Waals surface area contributed by atoms with Gasteiger partial charge in [-0.15, -0.1) is 12.4 Å². The zero-order chi connectivity index (χ0) is 11.5. The van der Waals surface area contributed by atoms with Crippen LogP contribution in [0, 0.1) is 0 Å². The van der Waals surface area contributed by atoms with Crippen LogP contribution in [0.15, 0.2) is 30.3 Å². The van der Waals surface area contributed by atoms with Gasteiger partial charge in [-0.05, 0) is 18.4 Å². The molecule has 2 fully saturated rings. The first-order valence-electron chi connectivity index (χ1n) is 6.84. The van der Waals surface area contributed by atoms with Crippen LogP contribution in [0.2, 0.25) is 0 Å². The van der Waals surface area contributed by atoms with Gasteiger partial charge in [0.2, 0.25) is 0 Å². The molecule has 1 aliphatic carbocycles. The van der Waals surface area contributed by atoms with Gasteiger partial charge in [-0.25, -0.2) is 0 Å². The van der Waals surface area contributed by atoms with E-state index in [1.807, 2.05) is 0 Å². The quantitative estimate of drug-likeness (QED) is 0.809. The van der Waals surface area contributed by atoms with Crippen LogP contribution in [0.25, 0.3) is 0 Å². The van der Waals surface area contributed by atoms with Crippen LogP contribution in [0.5, 0.6) is 0 Å². The topological polar surface area (TPSA) is 12.5 Å². The standard InChI is InChI=1S/C15H21NO.ClH/c1-3-7-13(8-4-1)15-11-16(12-17-15)14-9-5-2-6-10-14;/h1,3-4,7-8,14-15H,2,5-6,9-12H2;1H. The van der Waals surface area contributed by atoms with E-state index in [1.54, 1.807) is 0 Å². The van der Waals surface area contributed by atoms with Gasteiger partial charge in [0.1, 0.15) is 6.73 Å². The van der Waals surface area contributed by atoms with Crippen molar-refractivity contribution < 1.29 is 4.74 Å². The van der Waals surface area contributed by atoms with Crippen molar-refractivity contribution in [3.63, 3.8) is 0 Å². The number of ether oxygens (including phenoxy) is 1. The Hall–Kier alpha value is -0.570. The molecule has 1 saturated carbocycles. The summed E-state index contributed by atoms with van der Waals surface area (Å²) >= 11 is 0. The molecule has 1 unspecified atom stereocenters. The molecule has 2 aliphatic rings. The van der Waals surface area contributed by atoms with Crippen LogP contribution in [-0.4, -0.2) is 24.2 Å². The summed E-state index contributed by atoms with van der Waals surface area (Å²) in [5, 5.41) is 0. The maximum Gasteiger partial charge on any atom is 0.100 e. The Bertz CT molecular complexity index is 351. The van der Waals surface area contributed by atoms with Gasteiger partial charge in [-0.3, -0.25) is 4.90 Å². The Morgan fingerprint density at radius 1 is 1.00 bits per heavy atom. The second-order valence-electron chi connectivity index (χ2n) is 5.26. The zero-order valence-corrected chi connectivity index (χ0v) is 11.6. The van der Waals surface area contributed by atoms with Crippen molar-refractivity contribution in [1.82, 2.24) is 4.90 Å². The summed E-state index contributed by atoms with van der Waals surface area (Å²) in [4.78, 5) is 2.54. The Kier molecular flexibility index (Phi) is 5.04. The smallest absolute Gasteiger partial charge is 0.100 e. The maximum atomic E-state index is 5.93. The molecule has 0 radical (unpaired) electrons. The van der Waals surface area contributed by atoms with Gasteiger partial charge >= 0.3 is 0 Å². The highest BCUT2D eigenvalue weighted by Gasteiger charge is 2.30. The van der Waals surface area contributed by atoms with E-state index >= 15 is 0 Å². The minimum Gasteiger partial charge on any atom is -0.357 e. The van der Waals surface area contributed by atoms with Crippen molar-refractivity contribution in [3.05, 3.63) is 35.9 Å². The largest absolute Gasteiger partial charge is 0.357 e. The monoisotopic (exact) mass is 267 g/mol. The van der Waals surface area contributed by atoms with Crippen LogP contribution >= 0.6 is 12.4 Å². The molecule has 1 aromatic rings. The fourth-order valence-corrected chi connectivity index (χ4v) is 3.07. The van der Waals surface area contributed by atoms with E-state index in [0.29, 0.717) is 0 Å². The molecule has 3 heteroatoms. The molecule has 3 rings (SSSR count). The molecule has 1 saturated heterocycles. The average Bonchev–Trinajstić information content (AvgIpc) is 2.90. The van der Waals surface area contributed by atoms with Gasteiger partial charge in [-0.1, -0.05) is 49.6 Å². The zero-order valence-electron chi connectivity index (χ0n) is 10.8. The molecule has 0 amide bonds. The van der Waals surface area contributed by atoms with Gasteiger partial charge in [-0.2, -0.15) is 0 Å². The summed E-state index contributed by atoms with van der Waals surface area (Å²) in [7, 11) is 0. The van der Waals surface area contributed by atoms with E-state index in [0.717, 1.165) is 19.3 Å².